The lowest BCUT2D eigenvalue weighted by Gasteiger charge is -2.30. The molecule has 2 aliphatic rings. The van der Waals surface area contributed by atoms with Crippen molar-refractivity contribution in [2.75, 3.05) is 6.54 Å². The number of hydrogen-bond acceptors (Lipinski definition) is 3. The predicted octanol–water partition coefficient (Wildman–Crippen LogP) is 4.73. The highest BCUT2D eigenvalue weighted by atomic mass is 35.5. The summed E-state index contributed by atoms with van der Waals surface area (Å²) in [5.74, 6) is 0.752. The van der Waals surface area contributed by atoms with E-state index in [0.717, 1.165) is 57.0 Å². The maximum absolute atomic E-state index is 13.5. The average Bonchev–Trinajstić information content (AvgIpc) is 3.41. The van der Waals surface area contributed by atoms with E-state index in [9.17, 15) is 4.39 Å². The number of nitrogens with zero attached hydrogens (tertiary/aromatic N) is 4. The van der Waals surface area contributed by atoms with Gasteiger partial charge in [0.1, 0.15) is 11.5 Å². The number of fused-ring (bicyclic) bond motifs is 1. The molecule has 162 valence electrons. The van der Waals surface area contributed by atoms with Gasteiger partial charge in [-0.3, -0.25) is 4.68 Å². The molecule has 1 aromatic carbocycles. The summed E-state index contributed by atoms with van der Waals surface area (Å²) in [5, 5.41) is 8.29. The van der Waals surface area contributed by atoms with Crippen LogP contribution in [0.5, 0.6) is 0 Å². The van der Waals surface area contributed by atoms with E-state index < -0.39 is 0 Å². The summed E-state index contributed by atoms with van der Waals surface area (Å²) < 4.78 is 17.8. The van der Waals surface area contributed by atoms with Crippen molar-refractivity contribution in [2.24, 2.45) is 0 Å². The van der Waals surface area contributed by atoms with Gasteiger partial charge in [0, 0.05) is 37.4 Å². The number of nitrogens with one attached hydrogen (secondary N) is 1. The molecule has 30 heavy (non-hydrogen) atoms. The van der Waals surface area contributed by atoms with E-state index in [2.05, 4.69) is 31.8 Å². The Hall–Kier alpha value is -1.89. The summed E-state index contributed by atoms with van der Waals surface area (Å²) in [6, 6.07) is 9.26. The number of rotatable bonds is 4. The predicted molar refractivity (Wildman–Crippen MR) is 121 cm³/mol. The molecule has 8 heteroatoms. The van der Waals surface area contributed by atoms with Gasteiger partial charge in [-0.2, -0.15) is 5.10 Å². The minimum Gasteiger partial charge on any atom is -0.329 e. The molecular formula is C22H28Cl2FN5. The lowest BCUT2D eigenvalue weighted by molar-refractivity contribution is 0.372. The summed E-state index contributed by atoms with van der Waals surface area (Å²) in [5.41, 5.74) is 3.43. The third kappa shape index (κ3) is 4.27. The molecule has 0 radical (unpaired) electrons. The fourth-order valence-corrected chi connectivity index (χ4v) is 4.86. The third-order valence-electron chi connectivity index (χ3n) is 6.33. The molecule has 0 spiro atoms. The second kappa shape index (κ2) is 9.50. The zero-order valence-electron chi connectivity index (χ0n) is 16.9. The van der Waals surface area contributed by atoms with Crippen molar-refractivity contribution < 1.29 is 4.39 Å². The summed E-state index contributed by atoms with van der Waals surface area (Å²) >= 11 is 0. The molecule has 0 bridgehead atoms. The number of hydrogen-bond donors (Lipinski definition) is 1. The van der Waals surface area contributed by atoms with E-state index >= 15 is 0 Å². The van der Waals surface area contributed by atoms with E-state index in [1.54, 1.807) is 12.1 Å². The van der Waals surface area contributed by atoms with Gasteiger partial charge in [-0.1, -0.05) is 25.0 Å². The molecule has 3 heterocycles. The summed E-state index contributed by atoms with van der Waals surface area (Å²) in [6.07, 6.45) is 9.70. The van der Waals surface area contributed by atoms with Crippen molar-refractivity contribution in [1.29, 1.82) is 0 Å². The van der Waals surface area contributed by atoms with Crippen LogP contribution in [0.4, 0.5) is 4.39 Å². The van der Waals surface area contributed by atoms with Crippen LogP contribution >= 0.6 is 24.8 Å². The van der Waals surface area contributed by atoms with Crippen molar-refractivity contribution in [1.82, 2.24) is 24.6 Å². The average molecular weight is 452 g/mol. The third-order valence-corrected chi connectivity index (χ3v) is 6.33. The number of aryl methyl sites for hydroxylation is 1. The maximum Gasteiger partial charge on any atom is 0.160 e. The van der Waals surface area contributed by atoms with Crippen LogP contribution in [0.15, 0.2) is 42.7 Å². The fraction of sp³-hybridized carbons (Fsp3) is 0.455. The molecule has 1 aliphatic carbocycles. The summed E-state index contributed by atoms with van der Waals surface area (Å²) in [6.45, 7) is 3.69. The molecule has 1 fully saturated rings. The van der Waals surface area contributed by atoms with Crippen LogP contribution in [0, 0.1) is 5.82 Å². The van der Waals surface area contributed by atoms with Crippen LogP contribution in [0.1, 0.15) is 43.4 Å². The Labute approximate surface area is 188 Å². The largest absolute Gasteiger partial charge is 0.329 e. The van der Waals surface area contributed by atoms with Gasteiger partial charge in [-0.05, 0) is 49.6 Å². The molecule has 0 atom stereocenters. The van der Waals surface area contributed by atoms with E-state index in [-0.39, 0.29) is 36.0 Å². The molecule has 0 amide bonds. The molecule has 1 saturated carbocycles. The van der Waals surface area contributed by atoms with Gasteiger partial charge in [0.15, 0.2) is 5.82 Å². The van der Waals surface area contributed by atoms with E-state index in [1.807, 2.05) is 18.3 Å². The Kier molecular flexibility index (Phi) is 7.22. The second-order valence-electron chi connectivity index (χ2n) is 8.15. The van der Waals surface area contributed by atoms with Crippen LogP contribution in [0.2, 0.25) is 0 Å². The van der Waals surface area contributed by atoms with E-state index in [0.29, 0.717) is 0 Å². The van der Waals surface area contributed by atoms with Gasteiger partial charge in [0.25, 0.3) is 0 Å². The SMILES string of the molecule is Cl.Cl.Fc1ccc(C2(Cn3ccnc3-c3cc4n(n3)CCCNC4)CCCC2)cc1. The van der Waals surface area contributed by atoms with Gasteiger partial charge in [-0.15, -0.1) is 24.8 Å². The molecule has 5 nitrogen and oxygen atoms in total. The molecule has 0 unspecified atom stereocenters. The van der Waals surface area contributed by atoms with Crippen molar-refractivity contribution >= 4 is 24.8 Å². The topological polar surface area (TPSA) is 47.7 Å². The highest BCUT2D eigenvalue weighted by Crippen LogP contribution is 2.43. The minimum atomic E-state index is -0.173. The molecule has 0 saturated heterocycles. The first-order valence-electron chi connectivity index (χ1n) is 10.3. The Bertz CT molecular complexity index is 937. The normalized spacial score (nSPS) is 17.5. The fourth-order valence-electron chi connectivity index (χ4n) is 4.86. The number of aromatic nitrogens is 4. The quantitative estimate of drug-likeness (QED) is 0.623. The maximum atomic E-state index is 13.5. The zero-order valence-corrected chi connectivity index (χ0v) is 18.5. The minimum absolute atomic E-state index is 0. The van der Waals surface area contributed by atoms with Crippen LogP contribution < -0.4 is 5.32 Å². The standard InChI is InChI=1S/C22H26FN5.2ClH/c23-18-6-4-17(5-7-18)22(8-1-2-9-22)16-27-13-11-25-21(27)20-14-19-15-24-10-3-12-28(19)26-20;;/h4-7,11,13-14,24H,1-3,8-10,12,15-16H2;2*1H. The van der Waals surface area contributed by atoms with Crippen molar-refractivity contribution in [3.63, 3.8) is 0 Å². The lowest BCUT2D eigenvalue weighted by Crippen LogP contribution is -2.28. The summed E-state index contributed by atoms with van der Waals surface area (Å²) in [7, 11) is 0. The molecule has 1 aliphatic heterocycles. The molecule has 2 aromatic heterocycles. The Morgan fingerprint density at radius 2 is 1.83 bits per heavy atom. The summed E-state index contributed by atoms with van der Waals surface area (Å²) in [4.78, 5) is 4.64. The zero-order chi connectivity index (χ0) is 19.0. The first kappa shape index (κ1) is 22.8. The second-order valence-corrected chi connectivity index (χ2v) is 8.15. The molecule has 5 rings (SSSR count). The van der Waals surface area contributed by atoms with Gasteiger partial charge in [-0.25, -0.2) is 9.37 Å². The monoisotopic (exact) mass is 451 g/mol. The van der Waals surface area contributed by atoms with E-state index in [1.165, 1.54) is 24.1 Å². The van der Waals surface area contributed by atoms with E-state index in [4.69, 9.17) is 5.10 Å². The smallest absolute Gasteiger partial charge is 0.160 e. The molecule has 3 aromatic rings. The first-order chi connectivity index (χ1) is 13.7. The van der Waals surface area contributed by atoms with Crippen molar-refractivity contribution in [2.45, 2.75) is 57.2 Å². The van der Waals surface area contributed by atoms with Gasteiger partial charge in [0.05, 0.1) is 5.69 Å². The highest BCUT2D eigenvalue weighted by molar-refractivity contribution is 5.85. The van der Waals surface area contributed by atoms with Gasteiger partial charge < -0.3 is 9.88 Å². The van der Waals surface area contributed by atoms with Crippen LogP contribution in [0.25, 0.3) is 11.5 Å². The number of benzene rings is 1. The number of imidazole rings is 1. The lowest BCUT2D eigenvalue weighted by atomic mass is 9.78. The number of halogens is 3. The van der Waals surface area contributed by atoms with Crippen LogP contribution in [0.3, 0.4) is 0 Å². The molecular weight excluding hydrogens is 424 g/mol. The van der Waals surface area contributed by atoms with Crippen LogP contribution in [-0.2, 0) is 25.0 Å². The van der Waals surface area contributed by atoms with Crippen LogP contribution in [-0.4, -0.2) is 25.9 Å². The Morgan fingerprint density at radius 1 is 1.07 bits per heavy atom. The first-order valence-corrected chi connectivity index (χ1v) is 10.3. The highest BCUT2D eigenvalue weighted by Gasteiger charge is 2.36. The Balaban J connectivity index is 0.00000128. The van der Waals surface area contributed by atoms with Crippen molar-refractivity contribution in [3.05, 3.63) is 59.8 Å². The molecule has 1 N–H and O–H groups in total. The van der Waals surface area contributed by atoms with Gasteiger partial charge >= 0.3 is 0 Å². The Morgan fingerprint density at radius 3 is 2.60 bits per heavy atom. The van der Waals surface area contributed by atoms with Gasteiger partial charge in [0.2, 0.25) is 0 Å². The van der Waals surface area contributed by atoms with Crippen molar-refractivity contribution in [3.8, 4) is 11.5 Å².